The van der Waals surface area contributed by atoms with Crippen molar-refractivity contribution in [2.75, 3.05) is 0 Å². The largest absolute Gasteiger partial charge is 0.505 e. The zero-order valence-electron chi connectivity index (χ0n) is 4.87. The first-order valence-corrected chi connectivity index (χ1v) is 2.48. The van der Waals surface area contributed by atoms with Crippen molar-refractivity contribution in [2.45, 2.75) is 0 Å². The Labute approximate surface area is 55.3 Å². The molecule has 1 aromatic heterocycles. The van der Waals surface area contributed by atoms with Gasteiger partial charge in [0.15, 0.2) is 17.7 Å². The number of aromatic amines is 1. The fraction of sp³-hybridized carbons (Fsp3) is 0. The van der Waals surface area contributed by atoms with Crippen molar-refractivity contribution in [3.8, 4) is 5.75 Å². The third kappa shape index (κ3) is 1.02. The van der Waals surface area contributed by atoms with Crippen molar-refractivity contribution in [2.24, 2.45) is 0 Å². The molecule has 0 bridgehead atoms. The summed E-state index contributed by atoms with van der Waals surface area (Å²) in [6, 6.07) is 0.886. The number of nitrogens with one attached hydrogen (secondary N) is 1. The van der Waals surface area contributed by atoms with Gasteiger partial charge in [0.25, 0.3) is 5.56 Å². The number of H-pyrrole nitrogens is 1. The minimum absolute atomic E-state index is 0.167. The van der Waals surface area contributed by atoms with E-state index in [2.05, 4.69) is 5.10 Å². The molecule has 0 unspecified atom stereocenters. The van der Waals surface area contributed by atoms with E-state index in [9.17, 15) is 9.59 Å². The molecule has 0 aromatic carbocycles. The van der Waals surface area contributed by atoms with Crippen LogP contribution in [0.1, 0.15) is 10.5 Å². The fourth-order valence-electron chi connectivity index (χ4n) is 0.490. The highest BCUT2D eigenvalue weighted by Gasteiger charge is 1.99. The number of rotatable bonds is 1. The van der Waals surface area contributed by atoms with Crippen LogP contribution in [0.4, 0.5) is 0 Å². The molecule has 0 aliphatic heterocycles. The van der Waals surface area contributed by atoms with Crippen molar-refractivity contribution < 1.29 is 9.90 Å². The first kappa shape index (κ1) is 6.47. The molecule has 0 atom stereocenters. The van der Waals surface area contributed by atoms with Gasteiger partial charge in [-0.25, -0.2) is 5.10 Å². The number of aromatic nitrogens is 2. The molecule has 1 heterocycles. The first-order valence-electron chi connectivity index (χ1n) is 2.48. The third-order valence-corrected chi connectivity index (χ3v) is 0.928. The molecule has 0 radical (unpaired) electrons. The van der Waals surface area contributed by atoms with Gasteiger partial charge in [0.05, 0.1) is 0 Å². The van der Waals surface area contributed by atoms with Crippen LogP contribution in [0, 0.1) is 0 Å². The summed E-state index contributed by atoms with van der Waals surface area (Å²) in [6.45, 7) is 0. The quantitative estimate of drug-likeness (QED) is 0.504. The van der Waals surface area contributed by atoms with E-state index in [1.165, 1.54) is 0 Å². The van der Waals surface area contributed by atoms with Crippen molar-refractivity contribution in [3.63, 3.8) is 0 Å². The second-order valence-corrected chi connectivity index (χ2v) is 1.62. The van der Waals surface area contributed by atoms with Crippen LogP contribution in [-0.4, -0.2) is 21.6 Å². The smallest absolute Gasteiger partial charge is 0.267 e. The molecule has 10 heavy (non-hydrogen) atoms. The highest BCUT2D eigenvalue weighted by molar-refractivity contribution is 5.75. The van der Waals surface area contributed by atoms with Crippen LogP contribution in [0.5, 0.6) is 5.75 Å². The Balaban J connectivity index is 3.32. The molecular formula is C5H4N2O3. The summed E-state index contributed by atoms with van der Waals surface area (Å²) in [6.07, 6.45) is 0.352. The molecule has 52 valence electrons. The summed E-state index contributed by atoms with van der Waals surface area (Å²) < 4.78 is 0. The Morgan fingerprint density at radius 2 is 2.40 bits per heavy atom. The monoisotopic (exact) mass is 140 g/mol. The highest BCUT2D eigenvalue weighted by atomic mass is 16.3. The average Bonchev–Trinajstić information content (AvgIpc) is 1.88. The Hall–Kier alpha value is -1.65. The van der Waals surface area contributed by atoms with Gasteiger partial charge in [-0.15, -0.1) is 0 Å². The highest BCUT2D eigenvalue weighted by Crippen LogP contribution is 2.04. The van der Waals surface area contributed by atoms with Gasteiger partial charge in [-0.05, 0) is 0 Å². The second-order valence-electron chi connectivity index (χ2n) is 1.62. The van der Waals surface area contributed by atoms with Crippen molar-refractivity contribution in [3.05, 3.63) is 22.1 Å². The summed E-state index contributed by atoms with van der Waals surface area (Å²) in [5, 5.41) is 14.0. The number of hydrogen-bond donors (Lipinski definition) is 2. The van der Waals surface area contributed by atoms with E-state index in [-0.39, 0.29) is 5.69 Å². The van der Waals surface area contributed by atoms with Crippen LogP contribution in [0.15, 0.2) is 10.9 Å². The lowest BCUT2D eigenvalue weighted by Gasteiger charge is -1.90. The number of aromatic hydroxyl groups is 1. The lowest BCUT2D eigenvalue weighted by atomic mass is 10.4. The predicted octanol–water partition coefficient (Wildman–Crippen LogP) is -0.712. The van der Waals surface area contributed by atoms with Gasteiger partial charge >= 0.3 is 0 Å². The number of nitrogens with zero attached hydrogens (tertiary/aromatic N) is 1. The molecule has 0 spiro atoms. The summed E-state index contributed by atoms with van der Waals surface area (Å²) in [4.78, 5) is 20.4. The van der Waals surface area contributed by atoms with E-state index in [4.69, 9.17) is 5.11 Å². The molecule has 0 amide bonds. The van der Waals surface area contributed by atoms with Gasteiger partial charge in [0.2, 0.25) is 0 Å². The number of hydrogen-bond acceptors (Lipinski definition) is 4. The van der Waals surface area contributed by atoms with E-state index in [0.717, 1.165) is 6.07 Å². The van der Waals surface area contributed by atoms with Gasteiger partial charge in [-0.1, -0.05) is 0 Å². The van der Waals surface area contributed by atoms with E-state index < -0.39 is 11.3 Å². The molecule has 5 heteroatoms. The number of carbonyl (C=O) groups excluding carboxylic acids is 1. The average molecular weight is 140 g/mol. The molecule has 5 nitrogen and oxygen atoms in total. The minimum atomic E-state index is -0.539. The molecule has 1 aromatic rings. The molecule has 1 rings (SSSR count). The van der Waals surface area contributed by atoms with Crippen LogP contribution in [-0.2, 0) is 0 Å². The van der Waals surface area contributed by atoms with Crippen molar-refractivity contribution >= 4 is 6.29 Å². The molecule has 0 fully saturated rings. The first-order chi connectivity index (χ1) is 4.74. The zero-order chi connectivity index (χ0) is 7.56. The lowest BCUT2D eigenvalue weighted by molar-refractivity contribution is 0.111. The Morgan fingerprint density at radius 3 is 2.90 bits per heavy atom. The van der Waals surface area contributed by atoms with Gasteiger partial charge in [0.1, 0.15) is 0 Å². The molecule has 0 aliphatic carbocycles. The maximum Gasteiger partial charge on any atom is 0.267 e. The van der Waals surface area contributed by atoms with E-state index in [1.54, 1.807) is 0 Å². The van der Waals surface area contributed by atoms with Crippen molar-refractivity contribution in [1.29, 1.82) is 0 Å². The lowest BCUT2D eigenvalue weighted by Crippen LogP contribution is -2.07. The fourth-order valence-corrected chi connectivity index (χ4v) is 0.490. The number of aldehydes is 1. The maximum atomic E-state index is 10.4. The van der Waals surface area contributed by atoms with Crippen molar-refractivity contribution in [1.82, 2.24) is 10.2 Å². The molecule has 0 saturated carbocycles. The van der Waals surface area contributed by atoms with Crippen LogP contribution in [0.3, 0.4) is 0 Å². The van der Waals surface area contributed by atoms with E-state index >= 15 is 0 Å². The SMILES string of the molecule is O=Cc1n[nH]c(=O)cc1O. The standard InChI is InChI=1S/C5H4N2O3/c8-2-3-4(9)1-5(10)7-6-3/h1-2H,(H2,7,9,10). The van der Waals surface area contributed by atoms with E-state index in [0.29, 0.717) is 6.29 Å². The van der Waals surface area contributed by atoms with Gasteiger partial charge in [0, 0.05) is 6.07 Å². The molecule has 0 aliphatic rings. The van der Waals surface area contributed by atoms with Gasteiger partial charge in [-0.2, -0.15) is 5.10 Å². The third-order valence-electron chi connectivity index (χ3n) is 0.928. The van der Waals surface area contributed by atoms with Gasteiger partial charge in [-0.3, -0.25) is 9.59 Å². The summed E-state index contributed by atoms with van der Waals surface area (Å²) in [5.74, 6) is -0.404. The summed E-state index contributed by atoms with van der Waals surface area (Å²) >= 11 is 0. The summed E-state index contributed by atoms with van der Waals surface area (Å²) in [5.41, 5.74) is -0.706. The zero-order valence-corrected chi connectivity index (χ0v) is 4.87. The maximum absolute atomic E-state index is 10.4. The molecular weight excluding hydrogens is 136 g/mol. The summed E-state index contributed by atoms with van der Waals surface area (Å²) in [7, 11) is 0. The van der Waals surface area contributed by atoms with E-state index in [1.807, 2.05) is 5.10 Å². The van der Waals surface area contributed by atoms with Crippen LogP contribution in [0.25, 0.3) is 0 Å². The Bertz CT molecular complexity index is 304. The number of carbonyl (C=O) groups is 1. The van der Waals surface area contributed by atoms with Crippen LogP contribution in [0.2, 0.25) is 0 Å². The van der Waals surface area contributed by atoms with Gasteiger partial charge < -0.3 is 5.11 Å². The Kier molecular flexibility index (Phi) is 1.49. The molecule has 0 saturated heterocycles. The molecule has 2 N–H and O–H groups in total. The van der Waals surface area contributed by atoms with Crippen LogP contribution >= 0.6 is 0 Å². The second kappa shape index (κ2) is 2.30. The topological polar surface area (TPSA) is 83.0 Å². The predicted molar refractivity (Wildman–Crippen MR) is 31.9 cm³/mol. The Morgan fingerprint density at radius 1 is 1.70 bits per heavy atom. The normalized spacial score (nSPS) is 9.20. The minimum Gasteiger partial charge on any atom is -0.505 e. The van der Waals surface area contributed by atoms with Crippen LogP contribution < -0.4 is 5.56 Å².